The summed E-state index contributed by atoms with van der Waals surface area (Å²) in [6, 6.07) is -0.825. The monoisotopic (exact) mass is 1240 g/mol. The van der Waals surface area contributed by atoms with Crippen molar-refractivity contribution in [3.05, 3.63) is 12.2 Å². The lowest BCUT2D eigenvalue weighted by molar-refractivity contribution is -0.359. The van der Waals surface area contributed by atoms with Gasteiger partial charge >= 0.3 is 0 Å². The molecule has 2 aliphatic rings. The number of nitrogens with one attached hydrogen (secondary N) is 1. The van der Waals surface area contributed by atoms with Crippen LogP contribution >= 0.6 is 0 Å². The molecular formula is C73H141NO13. The van der Waals surface area contributed by atoms with Crippen molar-refractivity contribution in [1.29, 1.82) is 0 Å². The third-order valence-corrected chi connectivity index (χ3v) is 18.7. The second-order valence-electron chi connectivity index (χ2n) is 26.8. The second-order valence-corrected chi connectivity index (χ2v) is 26.8. The van der Waals surface area contributed by atoms with Crippen molar-refractivity contribution in [1.82, 2.24) is 5.32 Å². The predicted octanol–water partition coefficient (Wildman–Crippen LogP) is 15.7. The van der Waals surface area contributed by atoms with Crippen molar-refractivity contribution in [3.63, 3.8) is 0 Å². The van der Waals surface area contributed by atoms with Crippen molar-refractivity contribution in [2.45, 2.75) is 428 Å². The molecule has 0 radical (unpaired) electrons. The Morgan fingerprint density at radius 1 is 0.402 bits per heavy atom. The largest absolute Gasteiger partial charge is 0.394 e. The Bertz CT molecular complexity index is 1510. The molecule has 12 atom stereocenters. The summed E-state index contributed by atoms with van der Waals surface area (Å²) in [5, 5.41) is 87.6. The normalized spacial score (nSPS) is 23.2. The Balaban J connectivity index is 1.56. The lowest BCUT2D eigenvalue weighted by Gasteiger charge is -2.46. The number of hydrogen-bond acceptors (Lipinski definition) is 13. The smallest absolute Gasteiger partial charge is 0.220 e. The number of aliphatic hydroxyl groups is 8. The van der Waals surface area contributed by atoms with Gasteiger partial charge in [-0.05, 0) is 38.5 Å². The van der Waals surface area contributed by atoms with Crippen LogP contribution in [-0.4, -0.2) is 140 Å². The number of allylic oxidation sites excluding steroid dienone is 2. The molecular weight excluding hydrogens is 1100 g/mol. The zero-order valence-electron chi connectivity index (χ0n) is 56.3. The fourth-order valence-corrected chi connectivity index (χ4v) is 12.8. The van der Waals surface area contributed by atoms with E-state index in [0.29, 0.717) is 12.8 Å². The summed E-state index contributed by atoms with van der Waals surface area (Å²) in [5.41, 5.74) is 0. The predicted molar refractivity (Wildman–Crippen MR) is 355 cm³/mol. The van der Waals surface area contributed by atoms with Crippen LogP contribution in [0.15, 0.2) is 12.2 Å². The molecule has 0 aromatic carbocycles. The fraction of sp³-hybridized carbons (Fsp3) is 0.959. The molecule has 87 heavy (non-hydrogen) atoms. The summed E-state index contributed by atoms with van der Waals surface area (Å²) >= 11 is 0. The number of amides is 1. The van der Waals surface area contributed by atoms with E-state index in [-0.39, 0.29) is 12.5 Å². The summed E-state index contributed by atoms with van der Waals surface area (Å²) < 4.78 is 22.9. The zero-order valence-corrected chi connectivity index (χ0v) is 56.3. The van der Waals surface area contributed by atoms with Crippen LogP contribution in [0.4, 0.5) is 0 Å². The first kappa shape index (κ1) is 81.8. The van der Waals surface area contributed by atoms with Crippen LogP contribution in [0.1, 0.15) is 354 Å². The average Bonchev–Trinajstić information content (AvgIpc) is 2.36. The molecule has 516 valence electrons. The molecule has 0 saturated carbocycles. The van der Waals surface area contributed by atoms with Gasteiger partial charge in [-0.25, -0.2) is 0 Å². The first-order valence-electron chi connectivity index (χ1n) is 37.4. The SMILES string of the molecule is CCCCCCCCCC/C=C\CCCCCCCCCCCCCCCCCCCCCCCCCCCC(=O)NC(COC1OC(CO)C(OC2OC(CO)C(O)C(O)C2O)C(O)C1O)C(O)CCCCCCCCCCCCCCCCCC. The lowest BCUT2D eigenvalue weighted by Crippen LogP contribution is -2.65. The lowest BCUT2D eigenvalue weighted by atomic mass is 9.97. The molecule has 2 rings (SSSR count). The third kappa shape index (κ3) is 42.6. The minimum absolute atomic E-state index is 0.198. The maximum absolute atomic E-state index is 13.3. The van der Waals surface area contributed by atoms with Gasteiger partial charge in [0.05, 0.1) is 32.0 Å². The van der Waals surface area contributed by atoms with Gasteiger partial charge < -0.3 is 65.1 Å². The number of ether oxygens (including phenoxy) is 4. The number of hydrogen-bond donors (Lipinski definition) is 9. The van der Waals surface area contributed by atoms with Crippen molar-refractivity contribution in [3.8, 4) is 0 Å². The Morgan fingerprint density at radius 2 is 0.724 bits per heavy atom. The zero-order chi connectivity index (χ0) is 63.1. The Labute approximate surface area is 533 Å². The first-order chi connectivity index (χ1) is 42.6. The van der Waals surface area contributed by atoms with Gasteiger partial charge in [0, 0.05) is 6.42 Å². The standard InChI is InChI=1S/C73H141NO13/c1-3-5-7-9-11-13-15-17-19-21-22-23-24-25-26-27-28-29-30-31-32-33-34-35-36-37-38-39-40-41-43-45-47-49-51-53-55-57-65(78)74-61(62(77)56-54-52-50-48-46-44-42-20-18-16-14-12-10-8-6-4-2)60-84-72-70(83)68(81)71(64(59-76)86-72)87-73-69(82)67(80)66(79)63(58-75)85-73/h21-22,61-64,66-73,75-77,79-83H,3-20,23-60H2,1-2H3,(H,74,78)/b22-21-. The van der Waals surface area contributed by atoms with Gasteiger partial charge in [0.15, 0.2) is 12.6 Å². The summed E-state index contributed by atoms with van der Waals surface area (Å²) in [6.07, 6.45) is 55.4. The van der Waals surface area contributed by atoms with E-state index in [4.69, 9.17) is 18.9 Å². The average molecular weight is 1240 g/mol. The van der Waals surface area contributed by atoms with E-state index < -0.39 is 86.8 Å². The van der Waals surface area contributed by atoms with Crippen molar-refractivity contribution < 1.29 is 64.6 Å². The van der Waals surface area contributed by atoms with Crippen molar-refractivity contribution >= 4 is 5.91 Å². The molecule has 2 aliphatic heterocycles. The van der Waals surface area contributed by atoms with Gasteiger partial charge in [-0.15, -0.1) is 0 Å². The van der Waals surface area contributed by atoms with Crippen LogP contribution < -0.4 is 5.32 Å². The highest BCUT2D eigenvalue weighted by Gasteiger charge is 2.51. The van der Waals surface area contributed by atoms with Gasteiger partial charge in [0.1, 0.15) is 48.8 Å². The number of aliphatic hydroxyl groups excluding tert-OH is 8. The number of rotatable bonds is 63. The molecule has 0 aromatic heterocycles. The highest BCUT2D eigenvalue weighted by Crippen LogP contribution is 2.30. The molecule has 0 spiro atoms. The van der Waals surface area contributed by atoms with Crippen LogP contribution in [0.2, 0.25) is 0 Å². The molecule has 14 heteroatoms. The van der Waals surface area contributed by atoms with E-state index in [1.54, 1.807) is 0 Å². The minimum Gasteiger partial charge on any atom is -0.394 e. The molecule has 0 aliphatic carbocycles. The van der Waals surface area contributed by atoms with E-state index in [9.17, 15) is 45.6 Å². The molecule has 12 unspecified atom stereocenters. The van der Waals surface area contributed by atoms with Gasteiger partial charge in [-0.3, -0.25) is 4.79 Å². The van der Waals surface area contributed by atoms with Gasteiger partial charge in [0.25, 0.3) is 0 Å². The molecule has 1 amide bonds. The van der Waals surface area contributed by atoms with E-state index in [2.05, 4.69) is 31.3 Å². The highest BCUT2D eigenvalue weighted by atomic mass is 16.7. The summed E-state index contributed by atoms with van der Waals surface area (Å²) in [4.78, 5) is 13.3. The summed E-state index contributed by atoms with van der Waals surface area (Å²) in [7, 11) is 0. The summed E-state index contributed by atoms with van der Waals surface area (Å²) in [6.45, 7) is 2.91. The van der Waals surface area contributed by atoms with Gasteiger partial charge in [-0.2, -0.15) is 0 Å². The van der Waals surface area contributed by atoms with E-state index >= 15 is 0 Å². The Hall–Kier alpha value is -1.27. The Morgan fingerprint density at radius 3 is 1.09 bits per heavy atom. The van der Waals surface area contributed by atoms with E-state index in [1.807, 2.05) is 0 Å². The van der Waals surface area contributed by atoms with Gasteiger partial charge in [-0.1, -0.05) is 321 Å². The number of carbonyl (C=O) groups excluding carboxylic acids is 1. The highest BCUT2D eigenvalue weighted by molar-refractivity contribution is 5.76. The molecule has 2 saturated heterocycles. The Kier molecular flexibility index (Phi) is 55.1. The number of carbonyl (C=O) groups is 1. The van der Waals surface area contributed by atoms with Crippen LogP contribution in [0.25, 0.3) is 0 Å². The summed E-state index contributed by atoms with van der Waals surface area (Å²) in [5.74, 6) is -0.198. The molecule has 0 bridgehead atoms. The molecule has 9 N–H and O–H groups in total. The fourth-order valence-electron chi connectivity index (χ4n) is 12.8. The van der Waals surface area contributed by atoms with E-state index in [1.165, 1.54) is 276 Å². The molecule has 2 heterocycles. The maximum atomic E-state index is 13.3. The van der Waals surface area contributed by atoms with Gasteiger partial charge in [0.2, 0.25) is 5.91 Å². The van der Waals surface area contributed by atoms with Crippen molar-refractivity contribution in [2.75, 3.05) is 19.8 Å². The molecule has 0 aromatic rings. The topological polar surface area (TPSA) is 228 Å². The van der Waals surface area contributed by atoms with Crippen LogP contribution in [0.5, 0.6) is 0 Å². The quantitative estimate of drug-likeness (QED) is 0.0204. The number of unbranched alkanes of at least 4 members (excludes halogenated alkanes) is 48. The van der Waals surface area contributed by atoms with Crippen molar-refractivity contribution in [2.24, 2.45) is 0 Å². The second kappa shape index (κ2) is 58.5. The van der Waals surface area contributed by atoms with E-state index in [0.717, 1.165) is 51.4 Å². The van der Waals surface area contributed by atoms with Crippen LogP contribution in [0, 0.1) is 0 Å². The van der Waals surface area contributed by atoms with Crippen LogP contribution in [-0.2, 0) is 23.7 Å². The van der Waals surface area contributed by atoms with Crippen LogP contribution in [0.3, 0.4) is 0 Å². The molecule has 14 nitrogen and oxygen atoms in total. The third-order valence-electron chi connectivity index (χ3n) is 18.7. The first-order valence-corrected chi connectivity index (χ1v) is 37.4. The molecule has 2 fully saturated rings. The maximum Gasteiger partial charge on any atom is 0.220 e. The minimum atomic E-state index is -1.78.